The second-order valence-electron chi connectivity index (χ2n) is 4.37. The summed E-state index contributed by atoms with van der Waals surface area (Å²) in [6, 6.07) is 12.0. The van der Waals surface area contributed by atoms with E-state index in [1.165, 1.54) is 18.3 Å². The minimum Gasteiger partial charge on any atom is -0.506 e. The van der Waals surface area contributed by atoms with E-state index in [9.17, 15) is 9.90 Å². The van der Waals surface area contributed by atoms with Gasteiger partial charge in [0.05, 0.1) is 5.69 Å². The van der Waals surface area contributed by atoms with Crippen molar-refractivity contribution in [1.82, 2.24) is 0 Å². The molecule has 2 rings (SSSR count). The molecule has 0 unspecified atom stereocenters. The molecule has 0 spiro atoms. The fourth-order valence-corrected chi connectivity index (χ4v) is 1.82. The van der Waals surface area contributed by atoms with Crippen LogP contribution in [-0.4, -0.2) is 10.9 Å². The lowest BCUT2D eigenvalue weighted by Crippen LogP contribution is -1.96. The molecular formula is C16H14ClNO2. The maximum Gasteiger partial charge on any atom is 0.187 e. The fraction of sp³-hybridized carbons (Fsp3) is 0.0625. The van der Waals surface area contributed by atoms with Crippen molar-refractivity contribution in [1.29, 1.82) is 0 Å². The smallest absolute Gasteiger partial charge is 0.187 e. The van der Waals surface area contributed by atoms with E-state index < -0.39 is 0 Å². The lowest BCUT2D eigenvalue weighted by atomic mass is 10.1. The van der Waals surface area contributed by atoms with Crippen LogP contribution in [0.4, 0.5) is 5.69 Å². The highest BCUT2D eigenvalue weighted by Crippen LogP contribution is 2.26. The third-order valence-electron chi connectivity index (χ3n) is 2.77. The number of phenolic OH excluding ortho intramolecular Hbond substituents is 1. The van der Waals surface area contributed by atoms with Gasteiger partial charge in [-0.15, -0.1) is 0 Å². The number of rotatable bonds is 4. The first-order chi connectivity index (χ1) is 9.56. The SMILES string of the molecule is Cc1ccc(C(=O)/C=C\Nc2cc(Cl)ccc2O)cc1. The Bertz CT molecular complexity index is 648. The number of hydrogen-bond acceptors (Lipinski definition) is 3. The van der Waals surface area contributed by atoms with Crippen LogP contribution in [0.15, 0.2) is 54.7 Å². The number of phenols is 1. The van der Waals surface area contributed by atoms with Crippen LogP contribution in [0.3, 0.4) is 0 Å². The van der Waals surface area contributed by atoms with Crippen molar-refractivity contribution in [2.24, 2.45) is 0 Å². The van der Waals surface area contributed by atoms with Gasteiger partial charge in [-0.05, 0) is 25.1 Å². The zero-order chi connectivity index (χ0) is 14.5. The van der Waals surface area contributed by atoms with Crippen molar-refractivity contribution in [3.05, 3.63) is 70.9 Å². The summed E-state index contributed by atoms with van der Waals surface area (Å²) in [5.41, 5.74) is 2.17. The van der Waals surface area contributed by atoms with Crippen molar-refractivity contribution >= 4 is 23.1 Å². The molecular weight excluding hydrogens is 274 g/mol. The summed E-state index contributed by atoms with van der Waals surface area (Å²) < 4.78 is 0. The van der Waals surface area contributed by atoms with Crippen molar-refractivity contribution in [3.63, 3.8) is 0 Å². The van der Waals surface area contributed by atoms with Crippen molar-refractivity contribution < 1.29 is 9.90 Å². The number of nitrogens with one attached hydrogen (secondary N) is 1. The van der Waals surface area contributed by atoms with Crippen LogP contribution in [-0.2, 0) is 0 Å². The predicted octanol–water partition coefficient (Wildman–Crippen LogP) is 4.16. The van der Waals surface area contributed by atoms with Crippen LogP contribution in [0.25, 0.3) is 0 Å². The second kappa shape index (κ2) is 6.26. The first-order valence-corrected chi connectivity index (χ1v) is 6.46. The maximum atomic E-state index is 11.9. The van der Waals surface area contributed by atoms with Gasteiger partial charge in [-0.25, -0.2) is 0 Å². The van der Waals surface area contributed by atoms with E-state index >= 15 is 0 Å². The third-order valence-corrected chi connectivity index (χ3v) is 3.00. The average molecular weight is 288 g/mol. The molecule has 0 aromatic heterocycles. The molecule has 0 saturated heterocycles. The minimum absolute atomic E-state index is 0.0711. The summed E-state index contributed by atoms with van der Waals surface area (Å²) in [5, 5.41) is 12.9. The van der Waals surface area contributed by atoms with Crippen LogP contribution in [0.5, 0.6) is 5.75 Å². The minimum atomic E-state index is -0.112. The molecule has 0 fully saturated rings. The summed E-state index contributed by atoms with van der Waals surface area (Å²) in [5.74, 6) is -0.0409. The highest BCUT2D eigenvalue weighted by Gasteiger charge is 2.02. The van der Waals surface area contributed by atoms with E-state index in [0.29, 0.717) is 16.3 Å². The van der Waals surface area contributed by atoms with Gasteiger partial charge in [0.1, 0.15) is 5.75 Å². The highest BCUT2D eigenvalue weighted by atomic mass is 35.5. The molecule has 3 nitrogen and oxygen atoms in total. The topological polar surface area (TPSA) is 49.3 Å². The van der Waals surface area contributed by atoms with Gasteiger partial charge in [-0.2, -0.15) is 0 Å². The number of aryl methyl sites for hydroxylation is 1. The van der Waals surface area contributed by atoms with Crippen molar-refractivity contribution in [3.8, 4) is 5.75 Å². The summed E-state index contributed by atoms with van der Waals surface area (Å²) in [7, 11) is 0. The molecule has 0 amide bonds. The van der Waals surface area contributed by atoms with Gasteiger partial charge in [0.2, 0.25) is 0 Å². The number of benzene rings is 2. The Morgan fingerprint density at radius 3 is 2.60 bits per heavy atom. The van der Waals surface area contributed by atoms with E-state index in [-0.39, 0.29) is 11.5 Å². The molecule has 0 aliphatic heterocycles. The molecule has 2 N–H and O–H groups in total. The van der Waals surface area contributed by atoms with Gasteiger partial charge in [0.25, 0.3) is 0 Å². The molecule has 0 aliphatic carbocycles. The van der Waals surface area contributed by atoms with Crippen LogP contribution >= 0.6 is 11.6 Å². The summed E-state index contributed by atoms with van der Waals surface area (Å²) >= 11 is 5.83. The number of anilines is 1. The Morgan fingerprint density at radius 1 is 1.20 bits per heavy atom. The molecule has 0 saturated carbocycles. The Balaban J connectivity index is 2.04. The quantitative estimate of drug-likeness (QED) is 0.504. The number of halogens is 1. The molecule has 102 valence electrons. The Kier molecular flexibility index (Phi) is 4.43. The normalized spacial score (nSPS) is 10.7. The van der Waals surface area contributed by atoms with Crippen molar-refractivity contribution in [2.75, 3.05) is 5.32 Å². The fourth-order valence-electron chi connectivity index (χ4n) is 1.65. The van der Waals surface area contributed by atoms with E-state index in [2.05, 4.69) is 5.32 Å². The summed E-state index contributed by atoms with van der Waals surface area (Å²) in [6.45, 7) is 1.97. The predicted molar refractivity (Wildman–Crippen MR) is 81.4 cm³/mol. The van der Waals surface area contributed by atoms with Gasteiger partial charge in [-0.3, -0.25) is 4.79 Å². The molecule has 0 heterocycles. The zero-order valence-corrected chi connectivity index (χ0v) is 11.7. The largest absolute Gasteiger partial charge is 0.506 e. The maximum absolute atomic E-state index is 11.9. The first kappa shape index (κ1) is 14.2. The molecule has 2 aromatic carbocycles. The Hall–Kier alpha value is -2.26. The number of hydrogen-bond donors (Lipinski definition) is 2. The third kappa shape index (κ3) is 3.62. The van der Waals surface area contributed by atoms with E-state index in [4.69, 9.17) is 11.6 Å². The number of carbonyl (C=O) groups excluding carboxylic acids is 1. The van der Waals surface area contributed by atoms with Crippen molar-refractivity contribution in [2.45, 2.75) is 6.92 Å². The van der Waals surface area contributed by atoms with Gasteiger partial charge in [0.15, 0.2) is 5.78 Å². The summed E-state index contributed by atoms with van der Waals surface area (Å²) in [4.78, 5) is 11.9. The zero-order valence-electron chi connectivity index (χ0n) is 10.9. The van der Waals surface area contributed by atoms with Crippen LogP contribution in [0.2, 0.25) is 5.02 Å². The van der Waals surface area contributed by atoms with E-state index in [1.54, 1.807) is 24.3 Å². The highest BCUT2D eigenvalue weighted by molar-refractivity contribution is 6.30. The van der Waals surface area contributed by atoms with Gasteiger partial charge in [0, 0.05) is 22.9 Å². The van der Waals surface area contributed by atoms with Crippen LogP contribution in [0.1, 0.15) is 15.9 Å². The number of allylic oxidation sites excluding steroid dienone is 1. The number of aromatic hydroxyl groups is 1. The standard InChI is InChI=1S/C16H14ClNO2/c1-11-2-4-12(5-3-11)15(19)8-9-18-14-10-13(17)6-7-16(14)20/h2-10,18,20H,1H3/b9-8-. The monoisotopic (exact) mass is 287 g/mol. The first-order valence-electron chi connectivity index (χ1n) is 6.09. The average Bonchev–Trinajstić information content (AvgIpc) is 2.43. The molecule has 4 heteroatoms. The van der Waals surface area contributed by atoms with Gasteiger partial charge in [-0.1, -0.05) is 41.4 Å². The lowest BCUT2D eigenvalue weighted by Gasteiger charge is -2.04. The Labute approximate surface area is 122 Å². The number of ketones is 1. The summed E-state index contributed by atoms with van der Waals surface area (Å²) in [6.07, 6.45) is 2.89. The van der Waals surface area contributed by atoms with Crippen LogP contribution < -0.4 is 5.32 Å². The molecule has 0 aliphatic rings. The molecule has 0 atom stereocenters. The second-order valence-corrected chi connectivity index (χ2v) is 4.81. The molecule has 20 heavy (non-hydrogen) atoms. The van der Waals surface area contributed by atoms with Gasteiger partial charge >= 0.3 is 0 Å². The van der Waals surface area contributed by atoms with Gasteiger partial charge < -0.3 is 10.4 Å². The molecule has 0 bridgehead atoms. The molecule has 0 radical (unpaired) electrons. The van der Waals surface area contributed by atoms with E-state index in [1.807, 2.05) is 19.1 Å². The lowest BCUT2D eigenvalue weighted by molar-refractivity contribution is 0.104. The number of carbonyl (C=O) groups is 1. The van der Waals surface area contributed by atoms with Crippen LogP contribution in [0, 0.1) is 6.92 Å². The van der Waals surface area contributed by atoms with E-state index in [0.717, 1.165) is 5.56 Å². The Morgan fingerprint density at radius 2 is 1.90 bits per heavy atom. The molecule has 2 aromatic rings.